The Hall–Kier alpha value is -1.00. The van der Waals surface area contributed by atoms with Crippen molar-refractivity contribution in [3.05, 3.63) is 51.3 Å². The van der Waals surface area contributed by atoms with Crippen LogP contribution in [-0.4, -0.2) is 25.2 Å². The third kappa shape index (κ3) is 1.25. The average molecular weight is 304 g/mol. The highest BCUT2D eigenvalue weighted by molar-refractivity contribution is 7.71. The molecule has 0 radical (unpaired) electrons. The first-order chi connectivity index (χ1) is 9.39. The molecule has 1 saturated carbocycles. The molecule has 0 amide bonds. The van der Waals surface area contributed by atoms with Gasteiger partial charge in [0.25, 0.3) is 0 Å². The molecule has 1 aliphatic heterocycles. The van der Waals surface area contributed by atoms with Gasteiger partial charge in [0.1, 0.15) is 21.5 Å². The zero-order valence-corrected chi connectivity index (χ0v) is 12.8. The van der Waals surface area contributed by atoms with Gasteiger partial charge in [0.15, 0.2) is 4.77 Å². The Morgan fingerprint density at radius 3 is 2.90 bits per heavy atom. The molecule has 100 valence electrons. The van der Waals surface area contributed by atoms with Crippen LogP contribution in [0.3, 0.4) is 0 Å². The molecule has 1 aromatic carbocycles. The van der Waals surface area contributed by atoms with Crippen LogP contribution in [0.1, 0.15) is 23.6 Å². The molecule has 20 heavy (non-hydrogen) atoms. The molecule has 0 unspecified atom stereocenters. The second-order valence-electron chi connectivity index (χ2n) is 6.27. The molecule has 2 atom stereocenters. The number of hydrogen-bond acceptors (Lipinski definition) is 1. The molecule has 7 heteroatoms. The number of hydrogen-bond donors (Lipinski definition) is 1. The van der Waals surface area contributed by atoms with E-state index in [0.717, 1.165) is 12.0 Å². The van der Waals surface area contributed by atoms with Gasteiger partial charge in [0, 0.05) is 28.2 Å². The van der Waals surface area contributed by atoms with Crippen molar-refractivity contribution in [2.45, 2.75) is 23.1 Å². The lowest BCUT2D eigenvalue weighted by atomic mass is 9.51. The van der Waals surface area contributed by atoms with E-state index < -0.39 is 0 Å². The molecule has 1 N–H and O–H groups in total. The van der Waals surface area contributed by atoms with Crippen LogP contribution in [0.4, 0.5) is 4.39 Å². The standard InChI is InChI=1S/C13H12B2ClFN2S/c14-13(15)12(7-3-6(16)1-2-9(7)17)4-8(12)10-5-18-11(20)19(10)13/h1-3,5,8H,4,14-15H2,(H,18,20)/t8-,12+/m0/s1. The highest BCUT2D eigenvalue weighted by atomic mass is 35.5. The smallest absolute Gasteiger partial charge is 0.176 e. The molecule has 2 nitrogen and oxygen atoms in total. The molecule has 1 aliphatic carbocycles. The van der Waals surface area contributed by atoms with Gasteiger partial charge in [-0.15, -0.1) is 0 Å². The topological polar surface area (TPSA) is 20.7 Å². The number of fused-ring (bicyclic) bond motifs is 3. The molecule has 2 heterocycles. The van der Waals surface area contributed by atoms with Crippen molar-refractivity contribution in [2.24, 2.45) is 0 Å². The summed E-state index contributed by atoms with van der Waals surface area (Å²) in [5.74, 6) is 0.143. The van der Waals surface area contributed by atoms with Gasteiger partial charge in [-0.05, 0) is 47.7 Å². The number of halogens is 2. The summed E-state index contributed by atoms with van der Waals surface area (Å²) >= 11 is 11.5. The molecular formula is C13H12B2ClFN2S. The molecule has 1 fully saturated rings. The second-order valence-corrected chi connectivity index (χ2v) is 7.09. The summed E-state index contributed by atoms with van der Waals surface area (Å²) in [6.07, 6.45) is 2.91. The largest absolute Gasteiger partial charge is 0.337 e. The highest BCUT2D eigenvalue weighted by Gasteiger charge is 2.70. The number of benzene rings is 1. The lowest BCUT2D eigenvalue weighted by molar-refractivity contribution is 0.465. The van der Waals surface area contributed by atoms with Crippen molar-refractivity contribution >= 4 is 39.5 Å². The molecule has 0 spiro atoms. The van der Waals surface area contributed by atoms with Crippen molar-refractivity contribution < 1.29 is 4.39 Å². The monoisotopic (exact) mass is 304 g/mol. The Bertz CT molecular complexity index is 800. The third-order valence-electron chi connectivity index (χ3n) is 5.18. The van der Waals surface area contributed by atoms with Crippen LogP contribution in [0.15, 0.2) is 24.4 Å². The SMILES string of the molecule is BC1(B)n2c(c[nH]c2=S)[C@@H]2C[C@@]21c1cc(Cl)ccc1F. The van der Waals surface area contributed by atoms with Crippen LogP contribution in [0, 0.1) is 10.6 Å². The first kappa shape index (κ1) is 12.7. The molecule has 2 aromatic rings. The fraction of sp³-hybridized carbons (Fsp3) is 0.308. The normalized spacial score (nSPS) is 29.0. The number of aromatic nitrogens is 2. The van der Waals surface area contributed by atoms with Crippen molar-refractivity contribution in [1.29, 1.82) is 0 Å². The summed E-state index contributed by atoms with van der Waals surface area (Å²) in [4.78, 5) is 3.10. The average Bonchev–Trinajstić information content (AvgIpc) is 2.97. The van der Waals surface area contributed by atoms with E-state index in [9.17, 15) is 4.39 Å². The quantitative estimate of drug-likeness (QED) is 0.628. The van der Waals surface area contributed by atoms with Crippen LogP contribution in [0.2, 0.25) is 5.02 Å². The minimum absolute atomic E-state index is 0.175. The van der Waals surface area contributed by atoms with Gasteiger partial charge in [0.05, 0.1) is 0 Å². The van der Waals surface area contributed by atoms with E-state index in [1.165, 1.54) is 11.8 Å². The van der Waals surface area contributed by atoms with Crippen LogP contribution in [-0.2, 0) is 10.8 Å². The summed E-state index contributed by atoms with van der Waals surface area (Å²) < 4.78 is 17.2. The van der Waals surface area contributed by atoms with Gasteiger partial charge in [-0.25, -0.2) is 4.39 Å². The number of aromatic amines is 1. The van der Waals surface area contributed by atoms with E-state index in [1.54, 1.807) is 12.1 Å². The van der Waals surface area contributed by atoms with Crippen molar-refractivity contribution in [1.82, 2.24) is 9.55 Å². The van der Waals surface area contributed by atoms with Gasteiger partial charge < -0.3 is 9.55 Å². The fourth-order valence-electron chi connectivity index (χ4n) is 4.18. The molecule has 4 rings (SSSR count). The second kappa shape index (κ2) is 3.60. The van der Waals surface area contributed by atoms with Crippen molar-refractivity contribution in [2.75, 3.05) is 0 Å². The Morgan fingerprint density at radius 2 is 2.20 bits per heavy atom. The summed E-state index contributed by atoms with van der Waals surface area (Å²) in [6, 6.07) is 4.84. The van der Waals surface area contributed by atoms with Gasteiger partial charge in [0.2, 0.25) is 0 Å². The minimum atomic E-state index is -0.254. The van der Waals surface area contributed by atoms with Crippen LogP contribution in [0.25, 0.3) is 0 Å². The first-order valence-corrected chi connectivity index (χ1v) is 7.44. The Kier molecular flexibility index (Phi) is 2.29. The summed E-state index contributed by atoms with van der Waals surface area (Å²) in [5.41, 5.74) is 1.68. The molecule has 1 aromatic heterocycles. The summed E-state index contributed by atoms with van der Waals surface area (Å²) in [6.45, 7) is 0. The van der Waals surface area contributed by atoms with E-state index in [-0.39, 0.29) is 16.6 Å². The number of imidazole rings is 1. The predicted octanol–water partition coefficient (Wildman–Crippen LogP) is 1.65. The van der Waals surface area contributed by atoms with E-state index in [2.05, 4.69) is 25.2 Å². The maximum atomic E-state index is 14.4. The Labute approximate surface area is 128 Å². The van der Waals surface area contributed by atoms with Gasteiger partial charge in [-0.1, -0.05) is 11.6 Å². The number of H-pyrrole nitrogens is 1. The van der Waals surface area contributed by atoms with E-state index in [0.29, 0.717) is 15.7 Å². The van der Waals surface area contributed by atoms with Crippen LogP contribution in [0.5, 0.6) is 0 Å². The zero-order valence-electron chi connectivity index (χ0n) is 11.2. The number of nitrogens with one attached hydrogen (secondary N) is 1. The Morgan fingerprint density at radius 1 is 1.45 bits per heavy atom. The van der Waals surface area contributed by atoms with Crippen molar-refractivity contribution in [3.8, 4) is 0 Å². The Balaban J connectivity index is 1.98. The van der Waals surface area contributed by atoms with Crippen LogP contribution < -0.4 is 0 Å². The van der Waals surface area contributed by atoms with Crippen LogP contribution >= 0.6 is 23.8 Å². The highest BCUT2D eigenvalue weighted by Crippen LogP contribution is 2.71. The summed E-state index contributed by atoms with van der Waals surface area (Å²) in [5, 5.41) is 0.328. The zero-order chi connectivity index (χ0) is 14.3. The molecule has 0 saturated heterocycles. The lowest BCUT2D eigenvalue weighted by Gasteiger charge is -2.34. The van der Waals surface area contributed by atoms with Gasteiger partial charge in [-0.3, -0.25) is 0 Å². The number of nitrogens with zero attached hydrogens (tertiary/aromatic N) is 1. The first-order valence-electron chi connectivity index (χ1n) is 6.66. The van der Waals surface area contributed by atoms with Gasteiger partial charge >= 0.3 is 0 Å². The summed E-state index contributed by atoms with van der Waals surface area (Å²) in [7, 11) is 4.26. The van der Waals surface area contributed by atoms with Gasteiger partial charge in [-0.2, -0.15) is 0 Å². The molecule has 2 aliphatic rings. The fourth-order valence-corrected chi connectivity index (χ4v) is 4.74. The molecular weight excluding hydrogens is 292 g/mol. The molecule has 0 bridgehead atoms. The predicted molar refractivity (Wildman–Crippen MR) is 85.1 cm³/mol. The maximum Gasteiger partial charge on any atom is 0.176 e. The third-order valence-corrected chi connectivity index (χ3v) is 5.72. The lowest BCUT2D eigenvalue weighted by Crippen LogP contribution is -2.44. The van der Waals surface area contributed by atoms with Crippen molar-refractivity contribution in [3.63, 3.8) is 0 Å². The maximum absolute atomic E-state index is 14.4. The van der Waals surface area contributed by atoms with E-state index >= 15 is 0 Å². The van der Waals surface area contributed by atoms with E-state index in [4.69, 9.17) is 23.8 Å². The van der Waals surface area contributed by atoms with E-state index in [1.807, 2.05) is 6.20 Å². The minimum Gasteiger partial charge on any atom is -0.337 e. The number of rotatable bonds is 1.